The molecular weight excluding hydrogens is 741 g/mol. The molecule has 6 N–H and O–H groups in total. The normalized spacial score (nSPS) is 14.0. The standard InChI is InChI=1S/C27H30N6O6.H2O2.2H2O.Yb/c34-25(35)22-7-1-4-19(28-22)16-31-10-12-32(17-20-5-2-8-23(29-20)26(36)37)14-15-33(13-11-31)18-21-6-3-9-24(30-21)27(38)39;1-2;;;/h1-9H,10-18H2,(H,34,35)(H,36,37)(H,38,39);1H2;2*1H2;/q;;;;+3/p-3. The van der Waals surface area contributed by atoms with Crippen molar-refractivity contribution in [3.8, 4) is 0 Å². The fraction of sp³-hybridized carbons (Fsp3) is 0.333. The molecule has 0 atom stereocenters. The molecule has 4 heterocycles. The van der Waals surface area contributed by atoms with Crippen molar-refractivity contribution in [2.45, 2.75) is 19.6 Å². The van der Waals surface area contributed by atoms with Crippen LogP contribution in [0, 0.1) is 46.9 Å². The monoisotopic (exact) mass is 775 g/mol. The number of carbonyl (C=O) groups is 3. The molecule has 1 saturated heterocycles. The van der Waals surface area contributed by atoms with Crippen LogP contribution in [0.1, 0.15) is 48.5 Å². The Balaban J connectivity index is 0.00000362. The zero-order valence-corrected chi connectivity index (χ0v) is 25.1. The van der Waals surface area contributed by atoms with E-state index in [-0.39, 0.29) is 75.0 Å². The largest absolute Gasteiger partial charge is 3.00 e. The molecule has 4 rings (SSSR count). The Hall–Kier alpha value is -2.90. The van der Waals surface area contributed by atoms with E-state index in [0.29, 0.717) is 76.0 Å². The summed E-state index contributed by atoms with van der Waals surface area (Å²) in [4.78, 5) is 52.8. The summed E-state index contributed by atoms with van der Waals surface area (Å²) in [5.41, 5.74) is 1.41. The molecule has 3 aromatic rings. The molecule has 0 saturated carbocycles. The maximum Gasteiger partial charge on any atom is 3.00 e. The van der Waals surface area contributed by atoms with Crippen molar-refractivity contribution in [2.24, 2.45) is 0 Å². The second-order valence-corrected chi connectivity index (χ2v) is 9.23. The molecule has 44 heavy (non-hydrogen) atoms. The van der Waals surface area contributed by atoms with Gasteiger partial charge in [-0.2, -0.15) is 0 Å². The summed E-state index contributed by atoms with van der Waals surface area (Å²) in [5, 5.41) is 45.8. The zero-order chi connectivity index (χ0) is 29.8. The van der Waals surface area contributed by atoms with Crippen LogP contribution in [0.4, 0.5) is 0 Å². The zero-order valence-electron chi connectivity index (χ0n) is 23.4. The first-order valence-electron chi connectivity index (χ1n) is 12.7. The molecule has 16 nitrogen and oxygen atoms in total. The summed E-state index contributed by atoms with van der Waals surface area (Å²) in [5.74, 6) is -4.01. The SMILES string of the molecule is O.O.O=C([O-])c1cccc(CN2CCN(Cc3cccc(C(=O)[O-])n3)CCN(Cc3cccc(C(=O)[O-])n3)CC2)n1.[O-][OH2+].[Yb+3]. The molecule has 0 aromatic carbocycles. The Kier molecular flexibility index (Phi) is 19.6. The molecule has 1 radical (unpaired) electrons. The third-order valence-electron chi connectivity index (χ3n) is 6.40. The van der Waals surface area contributed by atoms with Crippen LogP contribution in [0.25, 0.3) is 0 Å². The van der Waals surface area contributed by atoms with Crippen molar-refractivity contribution in [1.82, 2.24) is 29.7 Å². The summed E-state index contributed by atoms with van der Waals surface area (Å²) in [6.07, 6.45) is 0. The van der Waals surface area contributed by atoms with Gasteiger partial charge in [-0.25, -0.2) is 0 Å². The van der Waals surface area contributed by atoms with Crippen LogP contribution in [0.15, 0.2) is 54.6 Å². The number of aromatic nitrogens is 3. The van der Waals surface area contributed by atoms with E-state index < -0.39 is 17.9 Å². The van der Waals surface area contributed by atoms with E-state index in [1.165, 1.54) is 18.2 Å². The minimum Gasteiger partial charge on any atom is -0.543 e. The number of hydrogen-bond acceptors (Lipinski definition) is 13. The van der Waals surface area contributed by atoms with Crippen molar-refractivity contribution >= 4 is 17.9 Å². The van der Waals surface area contributed by atoms with Crippen molar-refractivity contribution in [1.29, 1.82) is 0 Å². The quantitative estimate of drug-likeness (QED) is 0.111. The van der Waals surface area contributed by atoms with E-state index in [1.54, 1.807) is 36.4 Å². The van der Waals surface area contributed by atoms with Crippen LogP contribution in [0.2, 0.25) is 0 Å². The Labute approximate surface area is 291 Å². The minimum absolute atomic E-state index is 0. The van der Waals surface area contributed by atoms with Crippen molar-refractivity contribution in [2.75, 3.05) is 39.3 Å². The minimum atomic E-state index is -1.34. The first-order valence-corrected chi connectivity index (χ1v) is 12.7. The fourth-order valence-electron chi connectivity index (χ4n) is 4.39. The molecule has 1 aliphatic heterocycles. The second kappa shape index (κ2) is 20.9. The van der Waals surface area contributed by atoms with Crippen LogP contribution in [-0.2, 0) is 19.6 Å². The maximum absolute atomic E-state index is 11.3. The van der Waals surface area contributed by atoms with Gasteiger partial charge in [-0.05, 0) is 36.4 Å². The summed E-state index contributed by atoms with van der Waals surface area (Å²) in [6.45, 7) is 5.10. The van der Waals surface area contributed by atoms with Crippen LogP contribution < -0.4 is 20.6 Å². The van der Waals surface area contributed by atoms with Crippen LogP contribution in [-0.4, -0.2) is 103 Å². The Morgan fingerprint density at radius 1 is 0.545 bits per heavy atom. The summed E-state index contributed by atoms with van der Waals surface area (Å²) >= 11 is 0. The molecule has 0 amide bonds. The molecule has 245 valence electrons. The molecule has 0 unspecified atom stereocenters. The van der Waals surface area contributed by atoms with Crippen molar-refractivity contribution in [3.05, 3.63) is 88.8 Å². The third-order valence-corrected chi connectivity index (χ3v) is 6.40. The van der Waals surface area contributed by atoms with Gasteiger partial charge in [-0.1, -0.05) is 18.2 Å². The molecule has 0 spiro atoms. The van der Waals surface area contributed by atoms with E-state index >= 15 is 0 Å². The molecule has 0 aliphatic carbocycles. The van der Waals surface area contributed by atoms with Crippen LogP contribution >= 0.6 is 0 Å². The topological polar surface area (TPSA) is 278 Å². The average molecular weight is 775 g/mol. The van der Waals surface area contributed by atoms with Gasteiger partial charge in [0.05, 0.1) is 52.1 Å². The van der Waals surface area contributed by atoms with Gasteiger partial charge in [0.15, 0.2) is 0 Å². The van der Waals surface area contributed by atoms with Crippen molar-refractivity contribution in [3.63, 3.8) is 0 Å². The number of carboxylic acid groups (broad SMARTS) is 3. The first-order chi connectivity index (χ1) is 19.8. The van der Waals surface area contributed by atoms with Gasteiger partial charge >= 0.3 is 46.9 Å². The summed E-state index contributed by atoms with van der Waals surface area (Å²) in [6, 6.07) is 14.4. The number of nitrogens with zero attached hydrogens (tertiary/aromatic N) is 6. The van der Waals surface area contributed by atoms with E-state index in [0.717, 1.165) is 0 Å². The predicted octanol–water partition coefficient (Wildman–Crippen LogP) is -5.88. The summed E-state index contributed by atoms with van der Waals surface area (Å²) in [7, 11) is 0. The second-order valence-electron chi connectivity index (χ2n) is 9.23. The molecule has 3 aromatic heterocycles. The number of hydrogen-bond donors (Lipinski definition) is 0. The van der Waals surface area contributed by atoms with Gasteiger partial charge in [-0.15, -0.1) is 0 Å². The number of carboxylic acids is 3. The van der Waals surface area contributed by atoms with Crippen LogP contribution in [0.3, 0.4) is 0 Å². The molecule has 0 bridgehead atoms. The van der Waals surface area contributed by atoms with Gasteiger partial charge in [0.25, 0.3) is 0 Å². The van der Waals surface area contributed by atoms with Crippen molar-refractivity contribution < 1.29 is 98.1 Å². The van der Waals surface area contributed by atoms with E-state index in [9.17, 15) is 29.7 Å². The number of aromatic carboxylic acids is 3. The van der Waals surface area contributed by atoms with Gasteiger partial charge in [0.1, 0.15) is 0 Å². The smallest absolute Gasteiger partial charge is 0.543 e. The van der Waals surface area contributed by atoms with Crippen LogP contribution in [0.5, 0.6) is 0 Å². The molecular formula is C27H33N6O10Yb. The fourth-order valence-corrected chi connectivity index (χ4v) is 4.39. The third kappa shape index (κ3) is 13.0. The Morgan fingerprint density at radius 2 is 0.773 bits per heavy atom. The van der Waals surface area contributed by atoms with Gasteiger partial charge in [-0.3, -0.25) is 29.7 Å². The first kappa shape index (κ1) is 41.1. The Bertz CT molecular complexity index is 1180. The van der Waals surface area contributed by atoms with Gasteiger partial charge in [0.2, 0.25) is 0 Å². The predicted molar refractivity (Wildman–Crippen MR) is 142 cm³/mol. The Morgan fingerprint density at radius 3 is 0.977 bits per heavy atom. The molecule has 1 aliphatic rings. The van der Waals surface area contributed by atoms with Gasteiger partial charge in [0, 0.05) is 58.9 Å². The average Bonchev–Trinajstić information content (AvgIpc) is 3.06. The van der Waals surface area contributed by atoms with E-state index in [2.05, 4.69) is 34.9 Å². The summed E-state index contributed by atoms with van der Waals surface area (Å²) < 4.78 is 0. The van der Waals surface area contributed by atoms with Gasteiger partial charge < -0.3 is 51.2 Å². The van der Waals surface area contributed by atoms with E-state index in [4.69, 9.17) is 5.26 Å². The number of carbonyl (C=O) groups excluding carboxylic acids is 3. The maximum atomic E-state index is 11.3. The van der Waals surface area contributed by atoms with E-state index in [1.807, 2.05) is 0 Å². The number of rotatable bonds is 9. The molecule has 17 heteroatoms. The molecule has 1 fully saturated rings. The number of pyridine rings is 3.